The maximum Gasteiger partial charge on any atom is 0.289 e. The number of imidazole rings is 1. The molecule has 3 aromatic heterocycles. The molecule has 0 amide bonds. The van der Waals surface area contributed by atoms with Crippen molar-refractivity contribution in [2.24, 2.45) is 5.10 Å². The number of sulfonamides is 1. The van der Waals surface area contributed by atoms with Crippen molar-refractivity contribution in [3.05, 3.63) is 89.1 Å². The van der Waals surface area contributed by atoms with Gasteiger partial charge in [-0.2, -0.15) is 17.9 Å². The van der Waals surface area contributed by atoms with Crippen LogP contribution < -0.4 is 0 Å². The van der Waals surface area contributed by atoms with Crippen LogP contribution in [0.15, 0.2) is 83.3 Å². The Hall–Kier alpha value is -4.12. The van der Waals surface area contributed by atoms with Gasteiger partial charge in [0.1, 0.15) is 5.65 Å². The van der Waals surface area contributed by atoms with E-state index in [1.54, 1.807) is 23.0 Å². The molecule has 3 heterocycles. The number of nitrogens with zero attached hydrogens (tertiary/aromatic N) is 6. The van der Waals surface area contributed by atoms with Gasteiger partial charge in [-0.3, -0.25) is 19.5 Å². The second-order valence-corrected chi connectivity index (χ2v) is 8.40. The monoisotopic (exact) mass is 436 g/mol. The number of benzene rings is 1. The molecular formula is C20H16N6O4S. The summed E-state index contributed by atoms with van der Waals surface area (Å²) in [6.45, 7) is 0. The van der Waals surface area contributed by atoms with Gasteiger partial charge in [0.25, 0.3) is 15.7 Å². The summed E-state index contributed by atoms with van der Waals surface area (Å²) in [4.78, 5) is 18.4. The van der Waals surface area contributed by atoms with Gasteiger partial charge in [0, 0.05) is 42.8 Å². The molecule has 4 aromatic rings. The van der Waals surface area contributed by atoms with E-state index >= 15 is 0 Å². The van der Waals surface area contributed by atoms with Crippen LogP contribution in [0.4, 0.5) is 5.69 Å². The van der Waals surface area contributed by atoms with Gasteiger partial charge in [0.15, 0.2) is 4.90 Å². The Morgan fingerprint density at radius 2 is 1.90 bits per heavy atom. The summed E-state index contributed by atoms with van der Waals surface area (Å²) < 4.78 is 28.1. The van der Waals surface area contributed by atoms with Crippen LogP contribution in [0, 0.1) is 10.1 Å². The zero-order chi connectivity index (χ0) is 22.0. The van der Waals surface area contributed by atoms with Crippen LogP contribution in [0.2, 0.25) is 0 Å². The highest BCUT2D eigenvalue weighted by Crippen LogP contribution is 2.25. The molecule has 10 nitrogen and oxygen atoms in total. The van der Waals surface area contributed by atoms with Gasteiger partial charge in [-0.15, -0.1) is 0 Å². The van der Waals surface area contributed by atoms with Gasteiger partial charge in [0.05, 0.1) is 23.0 Å². The van der Waals surface area contributed by atoms with Crippen LogP contribution in [0.25, 0.3) is 16.8 Å². The van der Waals surface area contributed by atoms with Crippen LogP contribution in [0.1, 0.15) is 5.69 Å². The lowest BCUT2D eigenvalue weighted by atomic mass is 10.1. The fourth-order valence-electron chi connectivity index (χ4n) is 2.97. The third kappa shape index (κ3) is 3.85. The summed E-state index contributed by atoms with van der Waals surface area (Å²) in [5.74, 6) is 0. The van der Waals surface area contributed by atoms with Gasteiger partial charge in [-0.05, 0) is 24.3 Å². The van der Waals surface area contributed by atoms with Crippen molar-refractivity contribution in [1.82, 2.24) is 18.8 Å². The Kier molecular flexibility index (Phi) is 5.17. The number of fused-ring (bicyclic) bond motifs is 1. The first kappa shape index (κ1) is 20.2. The van der Waals surface area contributed by atoms with Crippen LogP contribution in [-0.2, 0) is 10.0 Å². The van der Waals surface area contributed by atoms with E-state index in [9.17, 15) is 18.5 Å². The Bertz CT molecular complexity index is 1400. The van der Waals surface area contributed by atoms with Gasteiger partial charge in [0.2, 0.25) is 0 Å². The minimum atomic E-state index is -4.22. The molecule has 0 N–H and O–H groups in total. The van der Waals surface area contributed by atoms with Gasteiger partial charge < -0.3 is 0 Å². The number of hydrogen-bond donors (Lipinski definition) is 0. The molecule has 0 bridgehead atoms. The van der Waals surface area contributed by atoms with Crippen molar-refractivity contribution < 1.29 is 13.3 Å². The van der Waals surface area contributed by atoms with E-state index in [2.05, 4.69) is 15.1 Å². The molecule has 0 spiro atoms. The predicted molar refractivity (Wildman–Crippen MR) is 114 cm³/mol. The molecule has 156 valence electrons. The summed E-state index contributed by atoms with van der Waals surface area (Å²) >= 11 is 0. The summed E-state index contributed by atoms with van der Waals surface area (Å²) in [5.41, 5.74) is 2.48. The average Bonchev–Trinajstić information content (AvgIpc) is 3.20. The average molecular weight is 436 g/mol. The van der Waals surface area contributed by atoms with E-state index in [1.165, 1.54) is 31.5 Å². The zero-order valence-electron chi connectivity index (χ0n) is 16.2. The summed E-state index contributed by atoms with van der Waals surface area (Å²) in [5, 5.41) is 15.2. The standard InChI is InChI=1S/C20H16N6O4S/c1-24(31(29,30)19-7-3-2-6-18(19)26(27)28)23-13-17-12-22-20-9-8-16(14-25(17)20)15-5-4-10-21-11-15/h2-14H,1H3/b23-13+. The van der Waals surface area contributed by atoms with Crippen molar-refractivity contribution >= 4 is 27.6 Å². The predicted octanol–water partition coefficient (Wildman–Crippen LogP) is 2.96. The Labute approximate surface area is 177 Å². The smallest absolute Gasteiger partial charge is 0.289 e. The quantitative estimate of drug-likeness (QED) is 0.260. The Balaban J connectivity index is 1.68. The SMILES string of the molecule is CN(/N=C/c1cnc2ccc(-c3cccnc3)cn12)S(=O)(=O)c1ccccc1[N+](=O)[O-]. The van der Waals surface area contributed by atoms with Crippen LogP contribution in [-0.4, -0.2) is 45.4 Å². The molecule has 0 radical (unpaired) electrons. The van der Waals surface area contributed by atoms with E-state index < -0.39 is 25.5 Å². The minimum absolute atomic E-state index is 0.434. The van der Waals surface area contributed by atoms with Gasteiger partial charge >= 0.3 is 0 Å². The molecule has 1 aromatic carbocycles. The highest BCUT2D eigenvalue weighted by atomic mass is 32.2. The van der Waals surface area contributed by atoms with Crippen LogP contribution in [0.5, 0.6) is 0 Å². The third-order valence-corrected chi connectivity index (χ3v) is 6.26. The van der Waals surface area contributed by atoms with E-state index in [1.807, 2.05) is 30.5 Å². The van der Waals surface area contributed by atoms with Gasteiger partial charge in [-0.25, -0.2) is 4.98 Å². The van der Waals surface area contributed by atoms with Crippen molar-refractivity contribution in [2.75, 3.05) is 7.05 Å². The molecule has 0 fully saturated rings. The largest absolute Gasteiger partial charge is 0.298 e. The third-order valence-electron chi connectivity index (χ3n) is 4.57. The fourth-order valence-corrected chi connectivity index (χ4v) is 4.08. The van der Waals surface area contributed by atoms with Crippen molar-refractivity contribution in [1.29, 1.82) is 0 Å². The molecule has 0 aliphatic carbocycles. The van der Waals surface area contributed by atoms with E-state index in [4.69, 9.17) is 0 Å². The lowest BCUT2D eigenvalue weighted by molar-refractivity contribution is -0.387. The molecule has 4 rings (SSSR count). The second-order valence-electron chi connectivity index (χ2n) is 6.48. The topological polar surface area (TPSA) is 123 Å². The molecule has 11 heteroatoms. The first-order valence-corrected chi connectivity index (χ1v) is 10.5. The summed E-state index contributed by atoms with van der Waals surface area (Å²) in [6, 6.07) is 12.6. The first-order chi connectivity index (χ1) is 14.9. The Morgan fingerprint density at radius 3 is 2.65 bits per heavy atom. The van der Waals surface area contributed by atoms with Crippen molar-refractivity contribution in [3.8, 4) is 11.1 Å². The normalized spacial score (nSPS) is 11.8. The summed E-state index contributed by atoms with van der Waals surface area (Å²) in [7, 11) is -3.00. The molecule has 0 unspecified atom stereocenters. The molecule has 0 saturated carbocycles. The maximum absolute atomic E-state index is 12.8. The number of nitro benzene ring substituents is 1. The highest BCUT2D eigenvalue weighted by molar-refractivity contribution is 7.89. The van der Waals surface area contributed by atoms with Crippen molar-refractivity contribution in [3.63, 3.8) is 0 Å². The number of hydrazone groups is 1. The lowest BCUT2D eigenvalue weighted by Gasteiger charge is -2.13. The minimum Gasteiger partial charge on any atom is -0.298 e. The van der Waals surface area contributed by atoms with Gasteiger partial charge in [-0.1, -0.05) is 18.2 Å². The maximum atomic E-state index is 12.8. The highest BCUT2D eigenvalue weighted by Gasteiger charge is 2.28. The molecule has 0 atom stereocenters. The van der Waals surface area contributed by atoms with E-state index in [0.717, 1.165) is 17.2 Å². The lowest BCUT2D eigenvalue weighted by Crippen LogP contribution is -2.23. The molecule has 0 aliphatic heterocycles. The summed E-state index contributed by atoms with van der Waals surface area (Å²) in [6.07, 6.45) is 8.15. The molecule has 0 saturated heterocycles. The number of para-hydroxylation sites is 1. The number of nitro groups is 1. The first-order valence-electron chi connectivity index (χ1n) is 9.02. The molecule has 0 aliphatic rings. The van der Waals surface area contributed by atoms with E-state index in [0.29, 0.717) is 15.8 Å². The molecule has 31 heavy (non-hydrogen) atoms. The molecular weight excluding hydrogens is 420 g/mol. The number of pyridine rings is 2. The number of rotatable bonds is 6. The zero-order valence-corrected chi connectivity index (χ0v) is 17.0. The fraction of sp³-hybridized carbons (Fsp3) is 0.0500. The van der Waals surface area contributed by atoms with Crippen LogP contribution in [0.3, 0.4) is 0 Å². The number of hydrogen-bond acceptors (Lipinski definition) is 7. The van der Waals surface area contributed by atoms with E-state index in [-0.39, 0.29) is 0 Å². The Morgan fingerprint density at radius 1 is 1.10 bits per heavy atom. The van der Waals surface area contributed by atoms with Crippen molar-refractivity contribution in [2.45, 2.75) is 4.90 Å². The van der Waals surface area contributed by atoms with Crippen LogP contribution >= 0.6 is 0 Å². The second kappa shape index (κ2) is 7.95. The number of aromatic nitrogens is 3.